The molecule has 1 aromatic rings. The van der Waals surface area contributed by atoms with Gasteiger partial charge in [-0.3, -0.25) is 0 Å². The van der Waals surface area contributed by atoms with Crippen LogP contribution in [0.1, 0.15) is 16.9 Å². The Morgan fingerprint density at radius 1 is 1.24 bits per heavy atom. The molecular formula is C7H5F5N2O2S. The number of ether oxygens (including phenoxy) is 1. The van der Waals surface area contributed by atoms with Crippen LogP contribution in [0.4, 0.5) is 22.0 Å². The summed E-state index contributed by atoms with van der Waals surface area (Å²) in [5.74, 6) is -6.18. The first kappa shape index (κ1) is 13.7. The second-order valence-electron chi connectivity index (χ2n) is 2.70. The highest BCUT2D eigenvalue weighted by molar-refractivity contribution is 7.11. The van der Waals surface area contributed by atoms with Gasteiger partial charge in [0.25, 0.3) is 0 Å². The lowest BCUT2D eigenvalue weighted by molar-refractivity contribution is -0.173. The molecule has 4 nitrogen and oxygen atoms in total. The summed E-state index contributed by atoms with van der Waals surface area (Å²) in [6.45, 7) is 0.967. The van der Waals surface area contributed by atoms with E-state index >= 15 is 0 Å². The van der Waals surface area contributed by atoms with Gasteiger partial charge in [-0.1, -0.05) is 11.3 Å². The summed E-state index contributed by atoms with van der Waals surface area (Å²) in [7, 11) is 0. The van der Waals surface area contributed by atoms with E-state index in [0.29, 0.717) is 0 Å². The maximum Gasteiger partial charge on any atom is 0.445 e. The van der Waals surface area contributed by atoms with Crippen molar-refractivity contribution in [2.24, 2.45) is 0 Å². The van der Waals surface area contributed by atoms with Crippen molar-refractivity contribution in [2.75, 3.05) is 6.61 Å². The van der Waals surface area contributed by atoms with Crippen molar-refractivity contribution in [3.63, 3.8) is 0 Å². The van der Waals surface area contributed by atoms with E-state index < -0.39 is 39.4 Å². The van der Waals surface area contributed by atoms with E-state index in [4.69, 9.17) is 0 Å². The normalized spacial score (nSPS) is 12.6. The quantitative estimate of drug-likeness (QED) is 0.627. The monoisotopic (exact) mass is 276 g/mol. The van der Waals surface area contributed by atoms with Gasteiger partial charge in [0.2, 0.25) is 5.01 Å². The van der Waals surface area contributed by atoms with Crippen LogP contribution in [0.3, 0.4) is 0 Å². The Kier molecular flexibility index (Phi) is 3.65. The average molecular weight is 276 g/mol. The van der Waals surface area contributed by atoms with Crippen LogP contribution in [-0.2, 0) is 21.6 Å². The van der Waals surface area contributed by atoms with Gasteiger partial charge in [-0.15, -0.1) is 10.2 Å². The van der Waals surface area contributed by atoms with E-state index in [1.807, 2.05) is 0 Å². The molecule has 0 fully saturated rings. The predicted octanol–water partition coefficient (Wildman–Crippen LogP) is 2.21. The van der Waals surface area contributed by atoms with Crippen molar-refractivity contribution in [3.8, 4) is 0 Å². The molecule has 10 heteroatoms. The first-order valence-electron chi connectivity index (χ1n) is 4.15. The number of carbonyl (C=O) groups excluding carboxylic acids is 1. The molecule has 0 N–H and O–H groups in total. The number of nitrogens with zero attached hydrogens (tertiary/aromatic N) is 2. The highest BCUT2D eigenvalue weighted by Gasteiger charge is 2.48. The summed E-state index contributed by atoms with van der Waals surface area (Å²) in [5, 5.41) is 2.32. The summed E-state index contributed by atoms with van der Waals surface area (Å²) in [6.07, 6.45) is -4.87. The van der Waals surface area contributed by atoms with Gasteiger partial charge in [-0.25, -0.2) is 4.79 Å². The SMILES string of the molecule is CCOC(=O)C(F)(F)c1nnc(C(F)(F)F)s1. The van der Waals surface area contributed by atoms with Gasteiger partial charge in [0.05, 0.1) is 6.61 Å². The lowest BCUT2D eigenvalue weighted by atomic mass is 10.4. The minimum absolute atomic E-state index is 0.320. The molecule has 1 rings (SSSR count). The largest absolute Gasteiger partial charge is 0.461 e. The minimum Gasteiger partial charge on any atom is -0.461 e. The second kappa shape index (κ2) is 4.51. The van der Waals surface area contributed by atoms with Gasteiger partial charge in [0.1, 0.15) is 0 Å². The second-order valence-corrected chi connectivity index (χ2v) is 3.68. The molecule has 0 saturated heterocycles. The van der Waals surface area contributed by atoms with Crippen LogP contribution in [0.5, 0.6) is 0 Å². The highest BCUT2D eigenvalue weighted by Crippen LogP contribution is 2.37. The molecule has 96 valence electrons. The zero-order valence-electron chi connectivity index (χ0n) is 8.22. The lowest BCUT2D eigenvalue weighted by Crippen LogP contribution is -2.28. The van der Waals surface area contributed by atoms with Crippen molar-refractivity contribution in [1.29, 1.82) is 0 Å². The Labute approximate surface area is 95.4 Å². The van der Waals surface area contributed by atoms with Gasteiger partial charge < -0.3 is 4.74 Å². The lowest BCUT2D eigenvalue weighted by Gasteiger charge is -2.10. The van der Waals surface area contributed by atoms with E-state index in [0.717, 1.165) is 0 Å². The smallest absolute Gasteiger partial charge is 0.445 e. The molecule has 1 heterocycles. The molecule has 17 heavy (non-hydrogen) atoms. The number of hydrogen-bond acceptors (Lipinski definition) is 5. The Bertz CT molecular complexity index is 417. The third-order valence-corrected chi connectivity index (χ3v) is 2.51. The average Bonchev–Trinajstić information content (AvgIpc) is 2.66. The standard InChI is InChI=1S/C7H5F5N2O2S/c1-2-16-5(15)6(8,9)3-13-14-4(17-3)7(10,11)12/h2H2,1H3. The molecule has 0 unspecified atom stereocenters. The van der Waals surface area contributed by atoms with E-state index in [1.54, 1.807) is 0 Å². The molecule has 0 bridgehead atoms. The van der Waals surface area contributed by atoms with E-state index in [2.05, 4.69) is 14.9 Å². The van der Waals surface area contributed by atoms with Crippen molar-refractivity contribution in [1.82, 2.24) is 10.2 Å². The zero-order chi connectivity index (χ0) is 13.3. The van der Waals surface area contributed by atoms with Crippen LogP contribution in [0, 0.1) is 0 Å². The maximum absolute atomic E-state index is 13.2. The Balaban J connectivity index is 3.00. The van der Waals surface area contributed by atoms with E-state index in [9.17, 15) is 26.7 Å². The number of rotatable bonds is 3. The summed E-state index contributed by atoms with van der Waals surface area (Å²) < 4.78 is 66.7. The number of aromatic nitrogens is 2. The molecule has 0 aromatic carbocycles. The number of halogens is 5. The summed E-state index contributed by atoms with van der Waals surface area (Å²) in [4.78, 5) is 10.8. The summed E-state index contributed by atoms with van der Waals surface area (Å²) in [5.41, 5.74) is 0. The number of esters is 1. The van der Waals surface area contributed by atoms with Gasteiger partial charge in [0.15, 0.2) is 5.01 Å². The first-order chi connectivity index (χ1) is 7.69. The maximum atomic E-state index is 13.2. The Morgan fingerprint density at radius 2 is 1.76 bits per heavy atom. The molecule has 0 spiro atoms. The predicted molar refractivity (Wildman–Crippen MR) is 45.4 cm³/mol. The molecule has 0 saturated carbocycles. The molecule has 0 atom stereocenters. The first-order valence-corrected chi connectivity index (χ1v) is 4.97. The van der Waals surface area contributed by atoms with Crippen LogP contribution in [0.25, 0.3) is 0 Å². The van der Waals surface area contributed by atoms with Gasteiger partial charge in [-0.05, 0) is 6.92 Å². The molecule has 0 radical (unpaired) electrons. The van der Waals surface area contributed by atoms with Gasteiger partial charge >= 0.3 is 18.1 Å². The Morgan fingerprint density at radius 3 is 2.18 bits per heavy atom. The topological polar surface area (TPSA) is 52.1 Å². The molecule has 0 aliphatic heterocycles. The number of carbonyl (C=O) groups is 1. The fourth-order valence-corrected chi connectivity index (χ4v) is 1.45. The summed E-state index contributed by atoms with van der Waals surface area (Å²) >= 11 is -0.397. The van der Waals surface area contributed by atoms with Crippen molar-refractivity contribution in [3.05, 3.63) is 10.0 Å². The van der Waals surface area contributed by atoms with Gasteiger partial charge in [0, 0.05) is 0 Å². The minimum atomic E-state index is -4.87. The third kappa shape index (κ3) is 2.87. The summed E-state index contributed by atoms with van der Waals surface area (Å²) in [6, 6.07) is 0. The van der Waals surface area contributed by atoms with Crippen LogP contribution in [0.15, 0.2) is 0 Å². The van der Waals surface area contributed by atoms with E-state index in [-0.39, 0.29) is 6.61 Å². The molecule has 0 amide bonds. The molecule has 1 aromatic heterocycles. The molecule has 0 aliphatic carbocycles. The van der Waals surface area contributed by atoms with Crippen molar-refractivity contribution in [2.45, 2.75) is 19.0 Å². The van der Waals surface area contributed by atoms with Gasteiger partial charge in [-0.2, -0.15) is 22.0 Å². The fraction of sp³-hybridized carbons (Fsp3) is 0.571. The number of alkyl halides is 5. The number of hydrogen-bond donors (Lipinski definition) is 0. The van der Waals surface area contributed by atoms with Crippen LogP contribution < -0.4 is 0 Å². The zero-order valence-corrected chi connectivity index (χ0v) is 9.03. The third-order valence-electron chi connectivity index (χ3n) is 1.47. The van der Waals surface area contributed by atoms with Crippen LogP contribution in [0.2, 0.25) is 0 Å². The Hall–Kier alpha value is -1.32. The van der Waals surface area contributed by atoms with E-state index in [1.165, 1.54) is 6.92 Å². The molecular weight excluding hydrogens is 271 g/mol. The highest BCUT2D eigenvalue weighted by atomic mass is 32.1. The van der Waals surface area contributed by atoms with Crippen LogP contribution >= 0.6 is 11.3 Å². The van der Waals surface area contributed by atoms with Crippen molar-refractivity contribution < 1.29 is 31.5 Å². The fourth-order valence-electron chi connectivity index (χ4n) is 0.774. The van der Waals surface area contributed by atoms with Crippen molar-refractivity contribution >= 4 is 17.3 Å². The van der Waals surface area contributed by atoms with Crippen LogP contribution in [-0.4, -0.2) is 22.8 Å². The molecule has 0 aliphatic rings.